The molecule has 0 radical (unpaired) electrons. The molecule has 0 heterocycles. The van der Waals surface area contributed by atoms with Gasteiger partial charge in [-0.3, -0.25) is 0 Å². The van der Waals surface area contributed by atoms with E-state index in [1.54, 1.807) is 10.4 Å². The third kappa shape index (κ3) is 3.98. The van der Waals surface area contributed by atoms with Gasteiger partial charge in [-0.2, -0.15) is 0 Å². The second-order valence-electron chi connectivity index (χ2n) is 8.37. The fourth-order valence-electron chi connectivity index (χ4n) is 3.68. The summed E-state index contributed by atoms with van der Waals surface area (Å²) >= 11 is 0. The van der Waals surface area contributed by atoms with Gasteiger partial charge in [-0.25, -0.2) is 0 Å². The first-order valence-corrected chi connectivity index (χ1v) is 15.2. The Hall–Kier alpha value is -1.39. The molecule has 1 unspecified atom stereocenters. The lowest BCUT2D eigenvalue weighted by atomic mass is 10.1. The van der Waals surface area contributed by atoms with E-state index < -0.39 is 16.1 Å². The monoisotopic (exact) mass is 352 g/mol. The molecular weight excluding hydrogens is 320 g/mol. The van der Waals surface area contributed by atoms with E-state index in [4.69, 9.17) is 0 Å². The Balaban J connectivity index is 2.49. The van der Waals surface area contributed by atoms with Crippen molar-refractivity contribution in [1.29, 1.82) is 0 Å². The number of hydrogen-bond acceptors (Lipinski definition) is 0. The van der Waals surface area contributed by atoms with Gasteiger partial charge in [0.1, 0.15) is 8.07 Å². The third-order valence-corrected chi connectivity index (χ3v) is 12.8. The van der Waals surface area contributed by atoms with E-state index in [2.05, 4.69) is 101 Å². The summed E-state index contributed by atoms with van der Waals surface area (Å²) in [5, 5.41) is 4.80. The number of allylic oxidation sites excluding steroid dienone is 1. The SMILES string of the molecule is C=C(C)C(C)C[Si](C)(C)c1ccccc1[Si](C)(C)c1ccccc1. The van der Waals surface area contributed by atoms with Crippen LogP contribution in [0.1, 0.15) is 13.8 Å². The zero-order valence-electron chi connectivity index (χ0n) is 16.2. The lowest BCUT2D eigenvalue weighted by Gasteiger charge is -2.34. The quantitative estimate of drug-likeness (QED) is 0.525. The lowest BCUT2D eigenvalue weighted by Crippen LogP contribution is -2.63. The number of rotatable bonds is 6. The van der Waals surface area contributed by atoms with E-state index >= 15 is 0 Å². The Bertz CT molecular complexity index is 699. The first-order valence-electron chi connectivity index (χ1n) is 8.97. The van der Waals surface area contributed by atoms with Gasteiger partial charge in [0.05, 0.1) is 8.07 Å². The van der Waals surface area contributed by atoms with Crippen LogP contribution in [0.4, 0.5) is 0 Å². The molecule has 0 aliphatic heterocycles. The van der Waals surface area contributed by atoms with E-state index in [9.17, 15) is 0 Å². The Morgan fingerprint density at radius 2 is 1.38 bits per heavy atom. The summed E-state index contributed by atoms with van der Waals surface area (Å²) in [5.41, 5.74) is 1.31. The topological polar surface area (TPSA) is 0 Å². The molecule has 2 aromatic rings. The molecule has 0 N–H and O–H groups in total. The van der Waals surface area contributed by atoms with Gasteiger partial charge in [-0.05, 0) is 18.9 Å². The average Bonchev–Trinajstić information content (AvgIpc) is 2.55. The highest BCUT2D eigenvalue weighted by Crippen LogP contribution is 2.22. The highest BCUT2D eigenvalue weighted by Gasteiger charge is 2.34. The second kappa shape index (κ2) is 7.24. The summed E-state index contributed by atoms with van der Waals surface area (Å²) < 4.78 is 0. The first-order chi connectivity index (χ1) is 11.2. The smallest absolute Gasteiger partial charge is 0.0999 e. The maximum atomic E-state index is 4.18. The van der Waals surface area contributed by atoms with E-state index in [0.29, 0.717) is 5.92 Å². The van der Waals surface area contributed by atoms with Crippen LogP contribution in [-0.4, -0.2) is 16.1 Å². The molecule has 2 rings (SSSR count). The highest BCUT2D eigenvalue weighted by atomic mass is 28.3. The summed E-state index contributed by atoms with van der Waals surface area (Å²) in [5.74, 6) is 0.598. The molecule has 2 aromatic carbocycles. The molecule has 0 aliphatic carbocycles. The summed E-state index contributed by atoms with van der Waals surface area (Å²) in [7, 11) is -3.19. The normalized spacial score (nSPS) is 13.6. The third-order valence-electron chi connectivity index (χ3n) is 5.48. The maximum Gasteiger partial charge on any atom is 0.112 e. The van der Waals surface area contributed by atoms with Crippen LogP contribution < -0.4 is 15.6 Å². The zero-order chi connectivity index (χ0) is 18.0. The van der Waals surface area contributed by atoms with E-state index in [-0.39, 0.29) is 0 Å². The average molecular weight is 353 g/mol. The molecule has 0 bridgehead atoms. The highest BCUT2D eigenvalue weighted by molar-refractivity contribution is 7.05. The number of hydrogen-bond donors (Lipinski definition) is 0. The van der Waals surface area contributed by atoms with Crippen LogP contribution in [0.2, 0.25) is 32.2 Å². The molecule has 1 atom stereocenters. The molecule has 0 amide bonds. The molecule has 0 fully saturated rings. The Morgan fingerprint density at radius 1 is 0.875 bits per heavy atom. The minimum Gasteiger partial charge on any atom is -0.0999 e. The summed E-state index contributed by atoms with van der Waals surface area (Å²) in [6.07, 6.45) is 0. The molecule has 2 heteroatoms. The van der Waals surface area contributed by atoms with Crippen LogP contribution in [-0.2, 0) is 0 Å². The van der Waals surface area contributed by atoms with Gasteiger partial charge in [0.15, 0.2) is 0 Å². The van der Waals surface area contributed by atoms with Crippen molar-refractivity contribution in [3.63, 3.8) is 0 Å². The summed E-state index contributed by atoms with van der Waals surface area (Å²) in [4.78, 5) is 0. The van der Waals surface area contributed by atoms with Crippen molar-refractivity contribution in [2.24, 2.45) is 5.92 Å². The van der Waals surface area contributed by atoms with E-state index in [1.165, 1.54) is 16.8 Å². The van der Waals surface area contributed by atoms with Crippen LogP contribution in [0.3, 0.4) is 0 Å². The zero-order valence-corrected chi connectivity index (χ0v) is 18.2. The second-order valence-corrected chi connectivity index (χ2v) is 17.5. The molecule has 24 heavy (non-hydrogen) atoms. The summed E-state index contributed by atoms with van der Waals surface area (Å²) in [6, 6.07) is 21.6. The van der Waals surface area contributed by atoms with Crippen molar-refractivity contribution in [2.45, 2.75) is 46.1 Å². The molecule has 0 saturated carbocycles. The van der Waals surface area contributed by atoms with Crippen molar-refractivity contribution in [3.05, 3.63) is 66.7 Å². The lowest BCUT2D eigenvalue weighted by molar-refractivity contribution is 0.758. The van der Waals surface area contributed by atoms with Gasteiger partial charge in [0, 0.05) is 0 Å². The molecule has 0 spiro atoms. The fraction of sp³-hybridized carbons (Fsp3) is 0.364. The Morgan fingerprint density at radius 3 is 1.92 bits per heavy atom. The van der Waals surface area contributed by atoms with Crippen LogP contribution in [0.25, 0.3) is 0 Å². The molecule has 0 nitrogen and oxygen atoms in total. The van der Waals surface area contributed by atoms with E-state index in [0.717, 1.165) is 0 Å². The van der Waals surface area contributed by atoms with Gasteiger partial charge in [0.25, 0.3) is 0 Å². The van der Waals surface area contributed by atoms with Gasteiger partial charge in [-0.1, -0.05) is 115 Å². The van der Waals surface area contributed by atoms with Crippen molar-refractivity contribution in [1.82, 2.24) is 0 Å². The van der Waals surface area contributed by atoms with Crippen LogP contribution in [0.5, 0.6) is 0 Å². The molecule has 0 saturated heterocycles. The molecule has 0 aliphatic rings. The van der Waals surface area contributed by atoms with Crippen LogP contribution >= 0.6 is 0 Å². The van der Waals surface area contributed by atoms with Gasteiger partial charge >= 0.3 is 0 Å². The van der Waals surface area contributed by atoms with Gasteiger partial charge in [0.2, 0.25) is 0 Å². The predicted molar refractivity (Wildman–Crippen MR) is 116 cm³/mol. The van der Waals surface area contributed by atoms with Gasteiger partial charge < -0.3 is 0 Å². The van der Waals surface area contributed by atoms with Crippen molar-refractivity contribution in [3.8, 4) is 0 Å². The Kier molecular flexibility index (Phi) is 5.72. The van der Waals surface area contributed by atoms with Crippen molar-refractivity contribution in [2.75, 3.05) is 0 Å². The number of benzene rings is 2. The minimum atomic E-state index is -1.68. The maximum absolute atomic E-state index is 4.18. The molecule has 0 aromatic heterocycles. The Labute approximate surface area is 150 Å². The summed E-state index contributed by atoms with van der Waals surface area (Å²) in [6.45, 7) is 18.7. The van der Waals surface area contributed by atoms with E-state index in [1.807, 2.05) is 0 Å². The van der Waals surface area contributed by atoms with Crippen LogP contribution in [0, 0.1) is 5.92 Å². The van der Waals surface area contributed by atoms with Crippen LogP contribution in [0.15, 0.2) is 66.7 Å². The largest absolute Gasteiger partial charge is 0.112 e. The van der Waals surface area contributed by atoms with Crippen molar-refractivity contribution >= 4 is 31.7 Å². The molecular formula is C22H32Si2. The predicted octanol–water partition coefficient (Wildman–Crippen LogP) is 4.64. The van der Waals surface area contributed by atoms with Crippen molar-refractivity contribution < 1.29 is 0 Å². The molecule has 128 valence electrons. The minimum absolute atomic E-state index is 0.598. The standard InChI is InChI=1S/C22H32Si2/c1-18(2)19(3)17-23(4,5)21-15-11-12-16-22(21)24(6,7)20-13-9-8-10-14-20/h8-16,19H,1,17H2,2-7H3. The fourth-order valence-corrected chi connectivity index (χ4v) is 11.7. The first kappa shape index (κ1) is 18.9. The van der Waals surface area contributed by atoms with Gasteiger partial charge in [-0.15, -0.1) is 0 Å².